The van der Waals surface area contributed by atoms with Crippen LogP contribution in [0.4, 0.5) is 5.82 Å². The Kier molecular flexibility index (Phi) is 7.09. The molecule has 0 unspecified atom stereocenters. The van der Waals surface area contributed by atoms with E-state index in [1.165, 1.54) is 4.68 Å². The number of ether oxygens (including phenoxy) is 1. The normalized spacial score (nSPS) is 11.4. The summed E-state index contributed by atoms with van der Waals surface area (Å²) in [5, 5.41) is 20.4. The number of halogens is 1. The Bertz CT molecular complexity index is 1600. The fraction of sp³-hybridized carbons (Fsp3) is 0.0769. The smallest absolute Gasteiger partial charge is 0.292 e. The van der Waals surface area contributed by atoms with E-state index in [9.17, 15) is 4.79 Å². The summed E-state index contributed by atoms with van der Waals surface area (Å²) in [6.07, 6.45) is 0. The number of nitrogen functional groups attached to an aromatic ring is 1. The molecule has 0 fully saturated rings. The number of aromatic nitrogens is 5. The number of anilines is 1. The molecule has 0 spiro atoms. The minimum atomic E-state index is -0.574. The molecule has 38 heavy (non-hydrogen) atoms. The van der Waals surface area contributed by atoms with E-state index in [4.69, 9.17) is 22.1 Å². The van der Waals surface area contributed by atoms with Gasteiger partial charge in [-0.1, -0.05) is 65.3 Å². The molecule has 2 aromatic heterocycles. The number of hydrazone groups is 1. The summed E-state index contributed by atoms with van der Waals surface area (Å²) >= 11 is 6.19. The van der Waals surface area contributed by atoms with Crippen LogP contribution in [0.3, 0.4) is 0 Å². The first kappa shape index (κ1) is 24.7. The van der Waals surface area contributed by atoms with Gasteiger partial charge in [0.1, 0.15) is 18.1 Å². The summed E-state index contributed by atoms with van der Waals surface area (Å²) in [5.74, 6) is 0.0973. The van der Waals surface area contributed by atoms with Gasteiger partial charge in [-0.3, -0.25) is 4.79 Å². The third-order valence-corrected chi connectivity index (χ3v) is 5.95. The number of hydrogen-bond acceptors (Lipinski definition) is 9. The molecule has 5 rings (SSSR count). The Morgan fingerprint density at radius 3 is 2.50 bits per heavy atom. The topological polar surface area (TPSA) is 146 Å². The van der Waals surface area contributed by atoms with E-state index in [-0.39, 0.29) is 17.3 Å². The van der Waals surface area contributed by atoms with Gasteiger partial charge in [-0.15, -0.1) is 5.10 Å². The van der Waals surface area contributed by atoms with Crippen molar-refractivity contribution in [3.05, 3.63) is 101 Å². The lowest BCUT2D eigenvalue weighted by atomic mass is 10.1. The van der Waals surface area contributed by atoms with E-state index < -0.39 is 5.91 Å². The van der Waals surface area contributed by atoms with Crippen LogP contribution in [0.2, 0.25) is 5.02 Å². The van der Waals surface area contributed by atoms with Gasteiger partial charge in [-0.05, 0) is 53.1 Å². The Balaban J connectivity index is 1.34. The molecule has 12 heteroatoms. The van der Waals surface area contributed by atoms with Gasteiger partial charge in [0.25, 0.3) is 5.91 Å². The van der Waals surface area contributed by atoms with E-state index in [2.05, 4.69) is 35.8 Å². The average Bonchev–Trinajstić information content (AvgIpc) is 3.58. The number of benzene rings is 3. The second kappa shape index (κ2) is 10.9. The number of carbonyl (C=O) groups is 1. The van der Waals surface area contributed by atoms with Gasteiger partial charge in [-0.25, -0.2) is 10.1 Å². The summed E-state index contributed by atoms with van der Waals surface area (Å²) in [6.45, 7) is 2.12. The van der Waals surface area contributed by atoms with Gasteiger partial charge >= 0.3 is 0 Å². The second-order valence-corrected chi connectivity index (χ2v) is 8.49. The Hall–Kier alpha value is -5.03. The highest BCUT2D eigenvalue weighted by atomic mass is 35.5. The van der Waals surface area contributed by atoms with Gasteiger partial charge in [0.2, 0.25) is 11.6 Å². The maximum Gasteiger partial charge on any atom is 0.292 e. The van der Waals surface area contributed by atoms with Gasteiger partial charge in [0, 0.05) is 16.1 Å². The largest absolute Gasteiger partial charge is 0.489 e. The van der Waals surface area contributed by atoms with Crippen LogP contribution in [0.1, 0.15) is 28.5 Å². The predicted molar refractivity (Wildman–Crippen MR) is 141 cm³/mol. The summed E-state index contributed by atoms with van der Waals surface area (Å²) in [7, 11) is 0. The fourth-order valence-electron chi connectivity index (χ4n) is 3.58. The molecule has 0 saturated carbocycles. The number of rotatable bonds is 8. The average molecular weight is 529 g/mol. The highest BCUT2D eigenvalue weighted by molar-refractivity contribution is 6.31. The summed E-state index contributed by atoms with van der Waals surface area (Å²) < 4.78 is 11.7. The highest BCUT2D eigenvalue weighted by Crippen LogP contribution is 2.24. The Labute approximate surface area is 221 Å². The summed E-state index contributed by atoms with van der Waals surface area (Å²) in [6, 6.07) is 24.0. The lowest BCUT2D eigenvalue weighted by Gasteiger charge is -2.09. The zero-order valence-electron chi connectivity index (χ0n) is 20.1. The van der Waals surface area contributed by atoms with E-state index in [0.29, 0.717) is 34.3 Å². The zero-order valence-corrected chi connectivity index (χ0v) is 20.8. The highest BCUT2D eigenvalue weighted by Gasteiger charge is 2.26. The summed E-state index contributed by atoms with van der Waals surface area (Å²) in [4.78, 5) is 13.3. The molecule has 11 nitrogen and oxygen atoms in total. The molecule has 5 aromatic rings. The van der Waals surface area contributed by atoms with Gasteiger partial charge in [0.15, 0.2) is 5.69 Å². The molecule has 3 aromatic carbocycles. The molecular weight excluding hydrogens is 508 g/mol. The van der Waals surface area contributed by atoms with Crippen LogP contribution in [-0.4, -0.2) is 36.9 Å². The van der Waals surface area contributed by atoms with Crippen LogP contribution in [-0.2, 0) is 6.61 Å². The maximum atomic E-state index is 13.3. The van der Waals surface area contributed by atoms with Crippen LogP contribution < -0.4 is 15.9 Å². The van der Waals surface area contributed by atoms with Crippen molar-refractivity contribution in [2.24, 2.45) is 5.10 Å². The Morgan fingerprint density at radius 2 is 1.79 bits per heavy atom. The standard InChI is InChI=1S/C26H21ClN8O3/c1-16(17-11-13-20(14-12-17)37-15-19-9-5-6-10-21(19)27)29-31-26(36)23-22(18-7-3-2-4-8-18)30-34-35(23)25-24(28)32-38-33-25/h2-14H,15H2,1H3,(H2,28,32)(H,31,36). The molecule has 2 heterocycles. The van der Waals surface area contributed by atoms with Crippen molar-refractivity contribution < 1.29 is 14.2 Å². The van der Waals surface area contributed by atoms with E-state index >= 15 is 0 Å². The van der Waals surface area contributed by atoms with E-state index in [0.717, 1.165) is 11.1 Å². The number of nitrogens with two attached hydrogens (primary N) is 1. The van der Waals surface area contributed by atoms with Crippen molar-refractivity contribution in [2.45, 2.75) is 13.5 Å². The van der Waals surface area contributed by atoms with Crippen molar-refractivity contribution in [1.29, 1.82) is 0 Å². The SMILES string of the molecule is CC(=NNC(=O)c1c(-c2ccccc2)nnn1-c1nonc1N)c1ccc(OCc2ccccc2Cl)cc1. The minimum absolute atomic E-state index is 0.0397. The second-order valence-electron chi connectivity index (χ2n) is 8.08. The number of nitrogens with zero attached hydrogens (tertiary/aromatic N) is 6. The fourth-order valence-corrected chi connectivity index (χ4v) is 3.77. The number of amides is 1. The van der Waals surface area contributed by atoms with Gasteiger partial charge < -0.3 is 10.5 Å². The molecule has 0 saturated heterocycles. The lowest BCUT2D eigenvalue weighted by Crippen LogP contribution is -2.23. The molecule has 0 atom stereocenters. The zero-order chi connectivity index (χ0) is 26.5. The maximum absolute atomic E-state index is 13.3. The molecule has 190 valence electrons. The van der Waals surface area contributed by atoms with Gasteiger partial charge in [0.05, 0.1) is 5.71 Å². The first-order chi connectivity index (χ1) is 18.5. The van der Waals surface area contributed by atoms with E-state index in [1.54, 1.807) is 19.1 Å². The van der Waals surface area contributed by atoms with Crippen LogP contribution in [0.5, 0.6) is 5.75 Å². The van der Waals surface area contributed by atoms with Gasteiger partial charge in [-0.2, -0.15) is 9.78 Å². The third kappa shape index (κ3) is 5.22. The number of nitrogens with one attached hydrogen (secondary N) is 1. The Morgan fingerprint density at radius 1 is 1.05 bits per heavy atom. The molecule has 0 aliphatic carbocycles. The number of carbonyl (C=O) groups excluding carboxylic acids is 1. The molecule has 3 N–H and O–H groups in total. The molecule has 0 aliphatic heterocycles. The molecule has 0 aliphatic rings. The minimum Gasteiger partial charge on any atom is -0.489 e. The van der Waals surface area contributed by atoms with Crippen molar-refractivity contribution >= 4 is 29.0 Å². The molecular formula is C26H21ClN8O3. The van der Waals surface area contributed by atoms with Crippen molar-refractivity contribution in [3.8, 4) is 22.8 Å². The molecule has 0 radical (unpaired) electrons. The lowest BCUT2D eigenvalue weighted by molar-refractivity contribution is 0.0947. The van der Waals surface area contributed by atoms with Crippen LogP contribution in [0, 0.1) is 0 Å². The van der Waals surface area contributed by atoms with Crippen LogP contribution in [0.25, 0.3) is 17.1 Å². The first-order valence-electron chi connectivity index (χ1n) is 11.4. The van der Waals surface area contributed by atoms with Crippen LogP contribution >= 0.6 is 11.6 Å². The molecule has 0 bridgehead atoms. The first-order valence-corrected chi connectivity index (χ1v) is 11.8. The summed E-state index contributed by atoms with van der Waals surface area (Å²) in [5.41, 5.74) is 11.7. The molecule has 1 amide bonds. The van der Waals surface area contributed by atoms with Crippen LogP contribution in [0.15, 0.2) is 88.6 Å². The van der Waals surface area contributed by atoms with Crippen molar-refractivity contribution in [2.75, 3.05) is 5.73 Å². The number of hydrogen-bond donors (Lipinski definition) is 2. The van der Waals surface area contributed by atoms with Crippen molar-refractivity contribution in [1.82, 2.24) is 30.7 Å². The third-order valence-electron chi connectivity index (χ3n) is 5.58. The quantitative estimate of drug-likeness (QED) is 0.224. The predicted octanol–water partition coefficient (Wildman–Crippen LogP) is 4.29. The monoisotopic (exact) mass is 528 g/mol. The van der Waals surface area contributed by atoms with Crippen molar-refractivity contribution in [3.63, 3.8) is 0 Å². The van der Waals surface area contributed by atoms with E-state index in [1.807, 2.05) is 66.7 Å².